The molecule has 3 N–H and O–H groups in total. The third-order valence-electron chi connectivity index (χ3n) is 2.16. The van der Waals surface area contributed by atoms with E-state index in [-0.39, 0.29) is 16.5 Å². The van der Waals surface area contributed by atoms with E-state index in [1.807, 2.05) is 0 Å². The zero-order valence-electron chi connectivity index (χ0n) is 10.0. The van der Waals surface area contributed by atoms with Gasteiger partial charge in [0.2, 0.25) is 0 Å². The van der Waals surface area contributed by atoms with Crippen LogP contribution in [-0.2, 0) is 0 Å². The van der Waals surface area contributed by atoms with Crippen LogP contribution in [0.1, 0.15) is 27.4 Å². The number of halogens is 2. The summed E-state index contributed by atoms with van der Waals surface area (Å²) in [4.78, 5) is 12.7. The summed E-state index contributed by atoms with van der Waals surface area (Å²) in [5.41, 5.74) is 5.32. The Bertz CT molecular complexity index is 396. The van der Waals surface area contributed by atoms with E-state index in [1.54, 1.807) is 6.92 Å². The van der Waals surface area contributed by atoms with E-state index in [0.29, 0.717) is 13.1 Å². The minimum Gasteiger partial charge on any atom is -0.433 e. The SMILES string of the molecule is Cc1cc(OC(F)F)c(C(=O)NCCCCN)s1. The number of rotatable bonds is 7. The first kappa shape index (κ1) is 14.8. The Morgan fingerprint density at radius 2 is 2.28 bits per heavy atom. The number of ether oxygens (including phenoxy) is 1. The average Bonchev–Trinajstić information content (AvgIpc) is 2.64. The van der Waals surface area contributed by atoms with Gasteiger partial charge in [0, 0.05) is 11.4 Å². The van der Waals surface area contributed by atoms with Crippen LogP contribution < -0.4 is 15.8 Å². The number of alkyl halides is 2. The molecule has 0 saturated heterocycles. The van der Waals surface area contributed by atoms with Gasteiger partial charge in [-0.1, -0.05) is 0 Å². The highest BCUT2D eigenvalue weighted by atomic mass is 32.1. The van der Waals surface area contributed by atoms with Crippen LogP contribution >= 0.6 is 11.3 Å². The lowest BCUT2D eigenvalue weighted by Crippen LogP contribution is -2.24. The van der Waals surface area contributed by atoms with Crippen LogP contribution in [0.4, 0.5) is 8.78 Å². The zero-order valence-corrected chi connectivity index (χ0v) is 10.9. The maximum Gasteiger partial charge on any atom is 0.387 e. The summed E-state index contributed by atoms with van der Waals surface area (Å²) in [6.07, 6.45) is 1.57. The molecule has 0 spiro atoms. The van der Waals surface area contributed by atoms with Crippen LogP contribution in [0.3, 0.4) is 0 Å². The molecule has 0 unspecified atom stereocenters. The van der Waals surface area contributed by atoms with Gasteiger partial charge in [-0.25, -0.2) is 0 Å². The van der Waals surface area contributed by atoms with Gasteiger partial charge in [-0.3, -0.25) is 4.79 Å². The van der Waals surface area contributed by atoms with Gasteiger partial charge < -0.3 is 15.8 Å². The van der Waals surface area contributed by atoms with Crippen molar-refractivity contribution < 1.29 is 18.3 Å². The van der Waals surface area contributed by atoms with Crippen molar-refractivity contribution in [1.82, 2.24) is 5.32 Å². The molecule has 0 aliphatic heterocycles. The second kappa shape index (κ2) is 7.27. The summed E-state index contributed by atoms with van der Waals surface area (Å²) in [5.74, 6) is -0.454. The van der Waals surface area contributed by atoms with Crippen molar-refractivity contribution >= 4 is 17.2 Å². The van der Waals surface area contributed by atoms with E-state index in [4.69, 9.17) is 5.73 Å². The lowest BCUT2D eigenvalue weighted by molar-refractivity contribution is -0.0498. The number of nitrogens with one attached hydrogen (secondary N) is 1. The minimum atomic E-state index is -2.93. The number of nitrogens with two attached hydrogens (primary N) is 1. The maximum absolute atomic E-state index is 12.2. The van der Waals surface area contributed by atoms with Crippen LogP contribution in [0.2, 0.25) is 0 Å². The molecule has 18 heavy (non-hydrogen) atoms. The minimum absolute atomic E-state index is 0.0659. The molecule has 4 nitrogen and oxygen atoms in total. The van der Waals surface area contributed by atoms with Gasteiger partial charge >= 0.3 is 6.61 Å². The van der Waals surface area contributed by atoms with Crippen LogP contribution in [0.25, 0.3) is 0 Å². The van der Waals surface area contributed by atoms with Crippen molar-refractivity contribution in [2.24, 2.45) is 5.73 Å². The van der Waals surface area contributed by atoms with Crippen molar-refractivity contribution in [3.05, 3.63) is 15.8 Å². The standard InChI is InChI=1S/C11H16F2N2O2S/c1-7-6-8(17-11(12)13)9(18-7)10(16)15-5-3-2-4-14/h6,11H,2-5,14H2,1H3,(H,15,16). The van der Waals surface area contributed by atoms with E-state index in [1.165, 1.54) is 6.07 Å². The molecule has 0 atom stereocenters. The van der Waals surface area contributed by atoms with Crippen molar-refractivity contribution in [2.45, 2.75) is 26.4 Å². The second-order valence-electron chi connectivity index (χ2n) is 3.68. The highest BCUT2D eigenvalue weighted by Gasteiger charge is 2.18. The van der Waals surface area contributed by atoms with Gasteiger partial charge in [0.15, 0.2) is 0 Å². The topological polar surface area (TPSA) is 64.3 Å². The summed E-state index contributed by atoms with van der Waals surface area (Å²) in [6, 6.07) is 1.44. The summed E-state index contributed by atoms with van der Waals surface area (Å²) >= 11 is 1.13. The molecule has 1 rings (SSSR count). The molecule has 0 fully saturated rings. The van der Waals surface area contributed by atoms with E-state index in [0.717, 1.165) is 29.1 Å². The zero-order chi connectivity index (χ0) is 13.5. The van der Waals surface area contributed by atoms with Crippen molar-refractivity contribution in [2.75, 3.05) is 13.1 Å². The smallest absolute Gasteiger partial charge is 0.387 e. The molecule has 0 aliphatic carbocycles. The molecule has 1 aromatic rings. The molecular weight excluding hydrogens is 262 g/mol. The molecular formula is C11H16F2N2O2S. The van der Waals surface area contributed by atoms with Crippen molar-refractivity contribution in [3.8, 4) is 5.75 Å². The monoisotopic (exact) mass is 278 g/mol. The number of hydrogen-bond acceptors (Lipinski definition) is 4. The fourth-order valence-corrected chi connectivity index (χ4v) is 2.24. The Labute approximate surface area is 108 Å². The Morgan fingerprint density at radius 1 is 1.56 bits per heavy atom. The predicted octanol–water partition coefficient (Wildman–Crippen LogP) is 2.13. The van der Waals surface area contributed by atoms with Crippen molar-refractivity contribution in [1.29, 1.82) is 0 Å². The number of carbonyl (C=O) groups is 1. The van der Waals surface area contributed by atoms with E-state index < -0.39 is 6.61 Å². The normalized spacial score (nSPS) is 10.7. The third kappa shape index (κ3) is 4.58. The van der Waals surface area contributed by atoms with E-state index in [9.17, 15) is 13.6 Å². The van der Waals surface area contributed by atoms with Gasteiger partial charge in [0.25, 0.3) is 5.91 Å². The summed E-state index contributed by atoms with van der Waals surface area (Å²) in [7, 11) is 0. The summed E-state index contributed by atoms with van der Waals surface area (Å²) in [5, 5.41) is 2.65. The number of amides is 1. The lowest BCUT2D eigenvalue weighted by atomic mass is 10.3. The van der Waals surface area contributed by atoms with Gasteiger partial charge in [-0.2, -0.15) is 8.78 Å². The Hall–Kier alpha value is -1.21. The van der Waals surface area contributed by atoms with Crippen LogP contribution in [0.15, 0.2) is 6.07 Å². The number of carbonyl (C=O) groups excluding carboxylic acids is 1. The molecule has 7 heteroatoms. The molecule has 1 aromatic heterocycles. The van der Waals surface area contributed by atoms with Gasteiger partial charge in [-0.15, -0.1) is 11.3 Å². The average molecular weight is 278 g/mol. The first-order chi connectivity index (χ1) is 8.54. The molecule has 0 radical (unpaired) electrons. The Balaban J connectivity index is 2.60. The van der Waals surface area contributed by atoms with Crippen LogP contribution in [0.5, 0.6) is 5.75 Å². The molecule has 102 valence electrons. The number of hydrogen-bond donors (Lipinski definition) is 2. The summed E-state index contributed by atoms with van der Waals surface area (Å²) in [6.45, 7) is -0.161. The quantitative estimate of drug-likeness (QED) is 0.751. The molecule has 0 saturated carbocycles. The largest absolute Gasteiger partial charge is 0.433 e. The predicted molar refractivity (Wildman–Crippen MR) is 66.3 cm³/mol. The number of thiophene rings is 1. The van der Waals surface area contributed by atoms with Crippen LogP contribution in [0, 0.1) is 6.92 Å². The molecule has 1 heterocycles. The first-order valence-electron chi connectivity index (χ1n) is 5.58. The van der Waals surface area contributed by atoms with E-state index in [2.05, 4.69) is 10.1 Å². The molecule has 0 aliphatic rings. The van der Waals surface area contributed by atoms with E-state index >= 15 is 0 Å². The summed E-state index contributed by atoms with van der Waals surface area (Å²) < 4.78 is 28.6. The fourth-order valence-electron chi connectivity index (χ4n) is 1.38. The number of unbranched alkanes of at least 4 members (excludes halogenated alkanes) is 1. The maximum atomic E-state index is 12.2. The Morgan fingerprint density at radius 3 is 2.89 bits per heavy atom. The van der Waals surface area contributed by atoms with Gasteiger partial charge in [0.05, 0.1) is 0 Å². The lowest BCUT2D eigenvalue weighted by Gasteiger charge is -2.06. The van der Waals surface area contributed by atoms with Gasteiger partial charge in [0.1, 0.15) is 10.6 Å². The fraction of sp³-hybridized carbons (Fsp3) is 0.545. The highest BCUT2D eigenvalue weighted by Crippen LogP contribution is 2.30. The van der Waals surface area contributed by atoms with Crippen molar-refractivity contribution in [3.63, 3.8) is 0 Å². The first-order valence-corrected chi connectivity index (χ1v) is 6.39. The second-order valence-corrected chi connectivity index (χ2v) is 4.94. The van der Waals surface area contributed by atoms with Gasteiger partial charge in [-0.05, 0) is 32.4 Å². The molecule has 0 bridgehead atoms. The Kier molecular flexibility index (Phi) is 6.00. The third-order valence-corrected chi connectivity index (χ3v) is 3.19. The molecule has 0 aromatic carbocycles. The number of aryl methyl sites for hydroxylation is 1. The molecule has 1 amide bonds. The highest BCUT2D eigenvalue weighted by molar-refractivity contribution is 7.14. The van der Waals surface area contributed by atoms with Crippen LogP contribution in [-0.4, -0.2) is 25.6 Å².